The Hall–Kier alpha value is -4.41. The number of thiocarbonyl (C=S) groups is 1. The molecule has 0 saturated heterocycles. The summed E-state index contributed by atoms with van der Waals surface area (Å²) in [5.74, 6) is -0.478. The number of thiophene rings is 1. The Morgan fingerprint density at radius 1 is 1.05 bits per heavy atom. The van der Waals surface area contributed by atoms with E-state index in [0.29, 0.717) is 27.3 Å². The highest BCUT2D eigenvalue weighted by Gasteiger charge is 2.17. The van der Waals surface area contributed by atoms with Gasteiger partial charge in [-0.2, -0.15) is 4.73 Å². The summed E-state index contributed by atoms with van der Waals surface area (Å²) in [4.78, 5) is 17.3. The van der Waals surface area contributed by atoms with E-state index in [4.69, 9.17) is 17.0 Å². The normalized spacial score (nSPS) is 10.7. The van der Waals surface area contributed by atoms with Crippen LogP contribution < -0.4 is 20.1 Å². The van der Waals surface area contributed by atoms with Crippen molar-refractivity contribution < 1.29 is 18.7 Å². The average molecular weight is 531 g/mol. The van der Waals surface area contributed by atoms with E-state index in [1.165, 1.54) is 29.7 Å². The molecule has 0 fully saturated rings. The van der Waals surface area contributed by atoms with Crippen LogP contribution in [0, 0.1) is 11.0 Å². The molecular weight excluding hydrogens is 511 g/mol. The lowest BCUT2D eigenvalue weighted by atomic mass is 10.1. The summed E-state index contributed by atoms with van der Waals surface area (Å²) in [5, 5.41) is 17.6. The minimum Gasteiger partial charge on any atom is -0.618 e. The lowest BCUT2D eigenvalue weighted by molar-refractivity contribution is -0.593. The van der Waals surface area contributed by atoms with Gasteiger partial charge in [0.25, 0.3) is 0 Å². The molecule has 10 heteroatoms. The Bertz CT molecular complexity index is 1610. The topological polar surface area (TPSA) is 90.2 Å². The number of hydrogen-bond acceptors (Lipinski definition) is 6. The molecule has 5 aromatic rings. The van der Waals surface area contributed by atoms with Crippen molar-refractivity contribution in [2.75, 3.05) is 5.32 Å². The van der Waals surface area contributed by atoms with Gasteiger partial charge in [-0.25, -0.2) is 4.39 Å². The molecule has 7 nitrogen and oxygen atoms in total. The van der Waals surface area contributed by atoms with Crippen LogP contribution in [0.3, 0.4) is 0 Å². The highest BCUT2D eigenvalue weighted by molar-refractivity contribution is 7.80. The van der Waals surface area contributed by atoms with E-state index in [-0.39, 0.29) is 23.2 Å². The van der Waals surface area contributed by atoms with Gasteiger partial charge in [0.1, 0.15) is 10.6 Å². The maximum atomic E-state index is 14.9. The van der Waals surface area contributed by atoms with E-state index >= 15 is 0 Å². The van der Waals surface area contributed by atoms with Gasteiger partial charge in [-0.05, 0) is 42.0 Å². The highest BCUT2D eigenvalue weighted by Crippen LogP contribution is 2.39. The van der Waals surface area contributed by atoms with Crippen molar-refractivity contribution in [1.29, 1.82) is 0 Å². The predicted molar refractivity (Wildman–Crippen MR) is 145 cm³/mol. The Morgan fingerprint density at radius 3 is 2.65 bits per heavy atom. The van der Waals surface area contributed by atoms with Crippen molar-refractivity contribution in [3.8, 4) is 22.1 Å². The average Bonchev–Trinajstić information content (AvgIpc) is 3.31. The van der Waals surface area contributed by atoms with Crippen LogP contribution in [0.1, 0.15) is 5.56 Å². The smallest absolute Gasteiger partial charge is 0.233 e. The maximum Gasteiger partial charge on any atom is 0.233 e. The first-order chi connectivity index (χ1) is 18.0. The first kappa shape index (κ1) is 24.3. The molecule has 5 rings (SSSR count). The Balaban J connectivity index is 1.28. The molecule has 0 bridgehead atoms. The van der Waals surface area contributed by atoms with Gasteiger partial charge in [0.2, 0.25) is 11.6 Å². The fraction of sp³-hybridized carbons (Fsp3) is 0.0370. The summed E-state index contributed by atoms with van der Waals surface area (Å²) in [5.41, 5.74) is 2.34. The van der Waals surface area contributed by atoms with Crippen LogP contribution in [0.2, 0.25) is 0 Å². The van der Waals surface area contributed by atoms with Crippen LogP contribution in [0.15, 0.2) is 91.3 Å². The van der Waals surface area contributed by atoms with Crippen LogP contribution in [0.4, 0.5) is 10.1 Å². The number of nitrogens with zero attached hydrogens (tertiary/aromatic N) is 2. The largest absolute Gasteiger partial charge is 0.618 e. The van der Waals surface area contributed by atoms with Crippen LogP contribution in [-0.4, -0.2) is 16.0 Å². The maximum absolute atomic E-state index is 14.9. The van der Waals surface area contributed by atoms with Gasteiger partial charge in [0.05, 0.1) is 16.6 Å². The number of benzene rings is 2. The number of halogens is 1. The van der Waals surface area contributed by atoms with Crippen LogP contribution >= 0.6 is 23.6 Å². The van der Waals surface area contributed by atoms with Gasteiger partial charge in [0, 0.05) is 36.1 Å². The number of amides is 1. The van der Waals surface area contributed by atoms with Crippen LogP contribution in [0.5, 0.6) is 11.5 Å². The van der Waals surface area contributed by atoms with Crippen molar-refractivity contribution in [2.24, 2.45) is 0 Å². The summed E-state index contributed by atoms with van der Waals surface area (Å²) < 4.78 is 22.2. The van der Waals surface area contributed by atoms with E-state index in [1.807, 2.05) is 30.3 Å². The number of ether oxygens (including phenoxy) is 1. The zero-order valence-electron chi connectivity index (χ0n) is 19.2. The molecule has 2 aromatic carbocycles. The van der Waals surface area contributed by atoms with E-state index in [1.54, 1.807) is 42.6 Å². The summed E-state index contributed by atoms with van der Waals surface area (Å²) in [6.45, 7) is 0. The zero-order chi connectivity index (χ0) is 25.8. The van der Waals surface area contributed by atoms with Gasteiger partial charge in [-0.1, -0.05) is 30.3 Å². The molecule has 0 saturated carbocycles. The van der Waals surface area contributed by atoms with Crippen molar-refractivity contribution in [3.63, 3.8) is 0 Å². The van der Waals surface area contributed by atoms with Crippen molar-refractivity contribution in [3.05, 3.63) is 108 Å². The first-order valence-corrected chi connectivity index (χ1v) is 12.4. The molecule has 0 aliphatic heterocycles. The molecule has 184 valence electrons. The third-order valence-corrected chi connectivity index (χ3v) is 6.69. The van der Waals surface area contributed by atoms with Crippen molar-refractivity contribution >= 4 is 50.5 Å². The van der Waals surface area contributed by atoms with E-state index in [0.717, 1.165) is 15.2 Å². The minimum absolute atomic E-state index is 0.00521. The standard InChI is InChI=1S/C27H19FN4O3S2/c28-19-15-18(30-27(36)31-25(33)14-17-6-2-1-3-7-17)9-10-22(19)35-23-11-12-29-20-16-24(37-26(20)23)21-8-4-5-13-32(21)34/h1-13,15-16H,14H2,(H2,30,31,33,36). The Morgan fingerprint density at radius 2 is 1.86 bits per heavy atom. The van der Waals surface area contributed by atoms with E-state index < -0.39 is 5.82 Å². The monoisotopic (exact) mass is 530 g/mol. The SMILES string of the molecule is O=C(Cc1ccccc1)NC(=S)Nc1ccc(Oc2ccnc3cc(-c4cccc[n+]4[O-])sc23)c(F)c1. The lowest BCUT2D eigenvalue weighted by Gasteiger charge is -2.12. The van der Waals surface area contributed by atoms with Gasteiger partial charge >= 0.3 is 0 Å². The fourth-order valence-corrected chi connectivity index (χ4v) is 4.95. The third-order valence-electron chi connectivity index (χ3n) is 5.32. The molecule has 3 heterocycles. The van der Waals surface area contributed by atoms with Gasteiger partial charge < -0.3 is 20.6 Å². The molecule has 0 atom stereocenters. The molecule has 3 aromatic heterocycles. The molecule has 37 heavy (non-hydrogen) atoms. The minimum atomic E-state index is -0.620. The summed E-state index contributed by atoms with van der Waals surface area (Å²) in [6.07, 6.45) is 3.17. The number of carbonyl (C=O) groups is 1. The second-order valence-electron chi connectivity index (χ2n) is 7.96. The second-order valence-corrected chi connectivity index (χ2v) is 9.42. The predicted octanol–water partition coefficient (Wildman–Crippen LogP) is 5.58. The van der Waals surface area contributed by atoms with Gasteiger partial charge in [0.15, 0.2) is 22.9 Å². The van der Waals surface area contributed by atoms with Gasteiger partial charge in [-0.15, -0.1) is 11.3 Å². The Labute approximate surface area is 220 Å². The third kappa shape index (κ3) is 5.71. The number of pyridine rings is 2. The molecule has 1 amide bonds. The summed E-state index contributed by atoms with van der Waals surface area (Å²) >= 11 is 6.52. The quantitative estimate of drug-likeness (QED) is 0.169. The van der Waals surface area contributed by atoms with Crippen LogP contribution in [-0.2, 0) is 11.2 Å². The first-order valence-electron chi connectivity index (χ1n) is 11.2. The number of nitrogens with one attached hydrogen (secondary N) is 2. The number of aromatic nitrogens is 2. The fourth-order valence-electron chi connectivity index (χ4n) is 3.63. The van der Waals surface area contributed by atoms with E-state index in [9.17, 15) is 14.4 Å². The molecule has 0 aliphatic rings. The van der Waals surface area contributed by atoms with Crippen molar-refractivity contribution in [1.82, 2.24) is 10.3 Å². The zero-order valence-corrected chi connectivity index (χ0v) is 20.8. The van der Waals surface area contributed by atoms with Crippen LogP contribution in [0.25, 0.3) is 20.8 Å². The van der Waals surface area contributed by atoms with Gasteiger partial charge in [-0.3, -0.25) is 9.78 Å². The second kappa shape index (κ2) is 10.7. The van der Waals surface area contributed by atoms with E-state index in [2.05, 4.69) is 15.6 Å². The highest BCUT2D eigenvalue weighted by atomic mass is 32.1. The lowest BCUT2D eigenvalue weighted by Crippen LogP contribution is -2.35. The number of rotatable bonds is 6. The molecular formula is C27H19FN4O3S2. The number of fused-ring (bicyclic) bond motifs is 1. The molecule has 0 radical (unpaired) electrons. The molecule has 0 aliphatic carbocycles. The number of hydrogen-bond donors (Lipinski definition) is 2. The van der Waals surface area contributed by atoms with Crippen molar-refractivity contribution in [2.45, 2.75) is 6.42 Å². The number of anilines is 1. The molecule has 0 unspecified atom stereocenters. The number of carbonyl (C=O) groups excluding carboxylic acids is 1. The summed E-state index contributed by atoms with van der Waals surface area (Å²) in [6, 6.07) is 22.2. The molecule has 0 spiro atoms. The summed E-state index contributed by atoms with van der Waals surface area (Å²) in [7, 11) is 0. The Kier molecular flexibility index (Phi) is 7.02. The molecule has 2 N–H and O–H groups in total.